The first-order valence-corrected chi connectivity index (χ1v) is 6.92. The lowest BCUT2D eigenvalue weighted by atomic mass is 10.2. The summed E-state index contributed by atoms with van der Waals surface area (Å²) in [5, 5.41) is 3.53. The average molecular weight is 321 g/mol. The topological polar surface area (TPSA) is 55.1 Å². The number of aromatic nitrogens is 1. The van der Waals surface area contributed by atoms with Crippen LogP contribution in [0.4, 0.5) is 5.69 Å². The lowest BCUT2D eigenvalue weighted by molar-refractivity contribution is 0.102. The fraction of sp³-hybridized carbons (Fsp3) is 0.0667. The Kier molecular flexibility index (Phi) is 3.57. The van der Waals surface area contributed by atoms with Crippen LogP contribution in [-0.4, -0.2) is 10.9 Å². The van der Waals surface area contributed by atoms with E-state index in [9.17, 15) is 4.79 Å². The van der Waals surface area contributed by atoms with E-state index in [4.69, 9.17) is 27.6 Å². The molecule has 106 valence electrons. The number of oxazole rings is 1. The zero-order valence-electron chi connectivity index (χ0n) is 11.0. The van der Waals surface area contributed by atoms with Gasteiger partial charge < -0.3 is 9.73 Å². The molecule has 0 aliphatic heterocycles. The molecule has 1 amide bonds. The molecule has 1 aromatic heterocycles. The van der Waals surface area contributed by atoms with Crippen LogP contribution in [-0.2, 0) is 0 Å². The maximum atomic E-state index is 12.2. The van der Waals surface area contributed by atoms with Crippen molar-refractivity contribution in [3.05, 3.63) is 57.9 Å². The maximum absolute atomic E-state index is 12.2. The predicted octanol–water partition coefficient (Wildman–Crippen LogP) is 4.70. The fourth-order valence-electron chi connectivity index (χ4n) is 1.96. The molecule has 0 aliphatic carbocycles. The highest BCUT2D eigenvalue weighted by atomic mass is 35.5. The summed E-state index contributed by atoms with van der Waals surface area (Å²) < 4.78 is 5.39. The maximum Gasteiger partial charge on any atom is 0.255 e. The van der Waals surface area contributed by atoms with Crippen LogP contribution >= 0.6 is 23.2 Å². The minimum Gasteiger partial charge on any atom is -0.441 e. The summed E-state index contributed by atoms with van der Waals surface area (Å²) in [4.78, 5) is 16.4. The molecule has 0 atom stereocenters. The first-order chi connectivity index (χ1) is 10.0. The van der Waals surface area contributed by atoms with Gasteiger partial charge in [0.15, 0.2) is 11.5 Å². The number of rotatable bonds is 2. The molecule has 0 aliphatic rings. The Morgan fingerprint density at radius 1 is 1.14 bits per heavy atom. The predicted molar refractivity (Wildman–Crippen MR) is 83.2 cm³/mol. The summed E-state index contributed by atoms with van der Waals surface area (Å²) >= 11 is 11.7. The van der Waals surface area contributed by atoms with Crippen molar-refractivity contribution in [2.24, 2.45) is 0 Å². The minimum atomic E-state index is -0.270. The third-order valence-electron chi connectivity index (χ3n) is 2.93. The summed E-state index contributed by atoms with van der Waals surface area (Å²) in [5.74, 6) is 0.311. The molecule has 2 aromatic carbocycles. The van der Waals surface area contributed by atoms with E-state index in [1.54, 1.807) is 37.3 Å². The molecule has 1 heterocycles. The highest BCUT2D eigenvalue weighted by Crippen LogP contribution is 2.24. The number of nitrogens with one attached hydrogen (secondary N) is 1. The van der Waals surface area contributed by atoms with Crippen molar-refractivity contribution in [1.82, 2.24) is 4.98 Å². The molecule has 0 bridgehead atoms. The van der Waals surface area contributed by atoms with Gasteiger partial charge in [-0.2, -0.15) is 0 Å². The van der Waals surface area contributed by atoms with Crippen molar-refractivity contribution >= 4 is 45.9 Å². The molecule has 3 rings (SSSR count). The molecule has 0 saturated carbocycles. The zero-order chi connectivity index (χ0) is 15.0. The van der Waals surface area contributed by atoms with Gasteiger partial charge in [-0.05, 0) is 36.4 Å². The largest absolute Gasteiger partial charge is 0.441 e. The molecule has 0 fully saturated rings. The van der Waals surface area contributed by atoms with Gasteiger partial charge in [0.05, 0.1) is 10.0 Å². The SMILES string of the molecule is Cc1nc2cc(NC(=O)c3ccc(Cl)c(Cl)c3)ccc2o1. The number of fused-ring (bicyclic) bond motifs is 1. The van der Waals surface area contributed by atoms with Gasteiger partial charge in [-0.3, -0.25) is 4.79 Å². The molecule has 0 unspecified atom stereocenters. The monoisotopic (exact) mass is 320 g/mol. The third-order valence-corrected chi connectivity index (χ3v) is 3.67. The van der Waals surface area contributed by atoms with E-state index in [1.807, 2.05) is 0 Å². The van der Waals surface area contributed by atoms with Gasteiger partial charge in [-0.1, -0.05) is 23.2 Å². The number of carbonyl (C=O) groups excluding carboxylic acids is 1. The first-order valence-electron chi connectivity index (χ1n) is 6.16. The smallest absolute Gasteiger partial charge is 0.255 e. The molecule has 1 N–H and O–H groups in total. The number of aryl methyl sites for hydroxylation is 1. The summed E-state index contributed by atoms with van der Waals surface area (Å²) in [6, 6.07) is 9.99. The summed E-state index contributed by atoms with van der Waals surface area (Å²) in [6.45, 7) is 1.77. The Labute approximate surface area is 130 Å². The van der Waals surface area contributed by atoms with E-state index in [0.717, 1.165) is 0 Å². The highest BCUT2D eigenvalue weighted by Gasteiger charge is 2.10. The number of carbonyl (C=O) groups is 1. The van der Waals surface area contributed by atoms with Crippen LogP contribution in [0.5, 0.6) is 0 Å². The first kappa shape index (κ1) is 13.9. The number of halogens is 2. The normalized spacial score (nSPS) is 10.8. The molecular formula is C15H10Cl2N2O2. The van der Waals surface area contributed by atoms with Gasteiger partial charge in [0, 0.05) is 18.2 Å². The number of hydrogen-bond acceptors (Lipinski definition) is 3. The van der Waals surface area contributed by atoms with E-state index in [-0.39, 0.29) is 5.91 Å². The molecule has 21 heavy (non-hydrogen) atoms. The van der Waals surface area contributed by atoms with Crippen LogP contribution in [0.3, 0.4) is 0 Å². The zero-order valence-corrected chi connectivity index (χ0v) is 12.5. The molecule has 4 nitrogen and oxygen atoms in total. The molecule has 0 saturated heterocycles. The standard InChI is InChI=1S/C15H10Cl2N2O2/c1-8-18-13-7-10(3-5-14(13)21-8)19-15(20)9-2-4-11(16)12(17)6-9/h2-7H,1H3,(H,19,20). The van der Waals surface area contributed by atoms with Gasteiger partial charge in [0.1, 0.15) is 5.52 Å². The number of hydrogen-bond donors (Lipinski definition) is 1. The number of amides is 1. The number of nitrogens with zero attached hydrogens (tertiary/aromatic N) is 1. The Morgan fingerprint density at radius 3 is 2.71 bits per heavy atom. The molecule has 0 radical (unpaired) electrons. The van der Waals surface area contributed by atoms with Gasteiger partial charge in [-0.25, -0.2) is 4.98 Å². The summed E-state index contributed by atoms with van der Waals surface area (Å²) in [6.07, 6.45) is 0. The quantitative estimate of drug-likeness (QED) is 0.744. The van der Waals surface area contributed by atoms with Crippen molar-refractivity contribution in [3.63, 3.8) is 0 Å². The second-order valence-electron chi connectivity index (χ2n) is 4.50. The van der Waals surface area contributed by atoms with Crippen LogP contribution in [0.1, 0.15) is 16.2 Å². The van der Waals surface area contributed by atoms with Crippen LogP contribution in [0, 0.1) is 6.92 Å². The van der Waals surface area contributed by atoms with Gasteiger partial charge >= 0.3 is 0 Å². The highest BCUT2D eigenvalue weighted by molar-refractivity contribution is 6.42. The molecule has 6 heteroatoms. The van der Waals surface area contributed by atoms with Crippen molar-refractivity contribution < 1.29 is 9.21 Å². The van der Waals surface area contributed by atoms with Crippen LogP contribution in [0.25, 0.3) is 11.1 Å². The molecule has 3 aromatic rings. The van der Waals surface area contributed by atoms with Crippen molar-refractivity contribution in [2.75, 3.05) is 5.32 Å². The Hall–Kier alpha value is -2.04. The van der Waals surface area contributed by atoms with Crippen LogP contribution < -0.4 is 5.32 Å². The Bertz CT molecular complexity index is 843. The lowest BCUT2D eigenvalue weighted by Crippen LogP contribution is -2.11. The van der Waals surface area contributed by atoms with Crippen LogP contribution in [0.2, 0.25) is 10.0 Å². The van der Waals surface area contributed by atoms with E-state index in [2.05, 4.69) is 10.3 Å². The van der Waals surface area contributed by atoms with Crippen molar-refractivity contribution in [1.29, 1.82) is 0 Å². The van der Waals surface area contributed by atoms with Crippen LogP contribution in [0.15, 0.2) is 40.8 Å². The number of benzene rings is 2. The van der Waals surface area contributed by atoms with Gasteiger partial charge in [0.25, 0.3) is 5.91 Å². The second-order valence-corrected chi connectivity index (χ2v) is 5.31. The molecule has 0 spiro atoms. The van der Waals surface area contributed by atoms with E-state index in [0.29, 0.717) is 38.3 Å². The van der Waals surface area contributed by atoms with E-state index >= 15 is 0 Å². The van der Waals surface area contributed by atoms with Gasteiger partial charge in [-0.15, -0.1) is 0 Å². The lowest BCUT2D eigenvalue weighted by Gasteiger charge is -2.06. The average Bonchev–Trinajstić information content (AvgIpc) is 2.81. The summed E-state index contributed by atoms with van der Waals surface area (Å²) in [7, 11) is 0. The van der Waals surface area contributed by atoms with Gasteiger partial charge in [0.2, 0.25) is 0 Å². The second kappa shape index (κ2) is 5.39. The number of anilines is 1. The molecular weight excluding hydrogens is 311 g/mol. The fourth-order valence-corrected chi connectivity index (χ4v) is 2.26. The van der Waals surface area contributed by atoms with Crippen molar-refractivity contribution in [3.8, 4) is 0 Å². The Balaban J connectivity index is 1.86. The van der Waals surface area contributed by atoms with E-state index < -0.39 is 0 Å². The summed E-state index contributed by atoms with van der Waals surface area (Å²) in [5.41, 5.74) is 2.44. The Morgan fingerprint density at radius 2 is 1.95 bits per heavy atom. The van der Waals surface area contributed by atoms with E-state index in [1.165, 1.54) is 6.07 Å². The van der Waals surface area contributed by atoms with Crippen molar-refractivity contribution in [2.45, 2.75) is 6.92 Å². The minimum absolute atomic E-state index is 0.270. The third kappa shape index (κ3) is 2.86.